The number of carbonyl (C=O) groups excluding carboxylic acids is 3. The van der Waals surface area contributed by atoms with E-state index in [1.165, 1.54) is 31.2 Å². The SMILES string of the molecule is C=CC(=O)N1CC[C@H](n2nc(C(=O)Cc3c(F)c(OC)cc(OC)c3F)c3c(N)ncc(C(=O)N4CCC4)c32)C1. The van der Waals surface area contributed by atoms with Crippen molar-refractivity contribution in [3.63, 3.8) is 0 Å². The molecule has 4 heterocycles. The first-order valence-electron chi connectivity index (χ1n) is 12.7. The van der Waals surface area contributed by atoms with E-state index in [4.69, 9.17) is 15.2 Å². The highest BCUT2D eigenvalue weighted by atomic mass is 19.1. The molecule has 13 heteroatoms. The zero-order valence-corrected chi connectivity index (χ0v) is 22.1. The second-order valence-corrected chi connectivity index (χ2v) is 9.64. The number of pyridine rings is 1. The third-order valence-corrected chi connectivity index (χ3v) is 7.39. The van der Waals surface area contributed by atoms with Crippen molar-refractivity contribution in [1.29, 1.82) is 0 Å². The lowest BCUT2D eigenvalue weighted by molar-refractivity contribution is -0.125. The normalized spacial score (nSPS) is 16.6. The van der Waals surface area contributed by atoms with Crippen molar-refractivity contribution in [2.45, 2.75) is 25.3 Å². The van der Waals surface area contributed by atoms with E-state index in [0.29, 0.717) is 26.1 Å². The number of aromatic nitrogens is 3. The van der Waals surface area contributed by atoms with Gasteiger partial charge in [-0.05, 0) is 18.9 Å². The molecule has 0 saturated carbocycles. The van der Waals surface area contributed by atoms with Crippen molar-refractivity contribution in [2.24, 2.45) is 0 Å². The van der Waals surface area contributed by atoms with Gasteiger partial charge in [-0.2, -0.15) is 5.10 Å². The predicted molar refractivity (Wildman–Crippen MR) is 140 cm³/mol. The van der Waals surface area contributed by atoms with Crippen molar-refractivity contribution in [3.8, 4) is 11.5 Å². The zero-order chi connectivity index (χ0) is 28.7. The molecule has 1 atom stereocenters. The van der Waals surface area contributed by atoms with Gasteiger partial charge in [0.25, 0.3) is 5.91 Å². The number of amides is 2. The molecule has 3 aromatic rings. The van der Waals surface area contributed by atoms with Crippen LogP contribution in [-0.2, 0) is 11.2 Å². The standard InChI is InChI=1S/C27H28F2N6O5/c1-4-20(37)34-9-6-14(13-34)35-25-16(27(38)33-7-5-8-33)12-31-26(30)21(25)24(32-35)17(36)10-15-22(28)18(39-2)11-19(40-3)23(15)29/h4,11-12,14H,1,5-10,13H2,2-3H3,(H2,30,31)/t14-/m0/s1. The molecule has 2 amide bonds. The van der Waals surface area contributed by atoms with Gasteiger partial charge in [0.05, 0.1) is 36.7 Å². The van der Waals surface area contributed by atoms with Crippen LogP contribution >= 0.6 is 0 Å². The predicted octanol–water partition coefficient (Wildman–Crippen LogP) is 2.54. The number of ether oxygens (including phenoxy) is 2. The second kappa shape index (κ2) is 10.5. The van der Waals surface area contributed by atoms with E-state index in [2.05, 4.69) is 16.7 Å². The Morgan fingerprint density at radius 1 is 1.12 bits per heavy atom. The fourth-order valence-corrected chi connectivity index (χ4v) is 5.11. The molecule has 0 bridgehead atoms. The lowest BCUT2D eigenvalue weighted by Crippen LogP contribution is -2.42. The minimum atomic E-state index is -1.05. The van der Waals surface area contributed by atoms with Gasteiger partial charge in [0, 0.05) is 50.4 Å². The van der Waals surface area contributed by atoms with Gasteiger partial charge in [0.1, 0.15) is 11.5 Å². The minimum Gasteiger partial charge on any atom is -0.494 e. The summed E-state index contributed by atoms with van der Waals surface area (Å²) < 4.78 is 41.7. The van der Waals surface area contributed by atoms with Gasteiger partial charge in [-0.25, -0.2) is 13.8 Å². The molecule has 2 aliphatic rings. The Bertz CT molecular complexity index is 1520. The first-order valence-corrected chi connectivity index (χ1v) is 12.7. The van der Waals surface area contributed by atoms with Crippen LogP contribution in [0.15, 0.2) is 24.9 Å². The van der Waals surface area contributed by atoms with Gasteiger partial charge < -0.3 is 25.0 Å². The third kappa shape index (κ3) is 4.40. The smallest absolute Gasteiger partial charge is 0.257 e. The summed E-state index contributed by atoms with van der Waals surface area (Å²) in [7, 11) is 2.42. The maximum Gasteiger partial charge on any atom is 0.257 e. The number of rotatable bonds is 8. The number of likely N-dealkylation sites (tertiary alicyclic amines) is 2. The lowest BCUT2D eigenvalue weighted by Gasteiger charge is -2.31. The number of benzene rings is 1. The average Bonchev–Trinajstić information content (AvgIpc) is 3.56. The summed E-state index contributed by atoms with van der Waals surface area (Å²) in [6.45, 7) is 5.35. The fourth-order valence-electron chi connectivity index (χ4n) is 5.11. The van der Waals surface area contributed by atoms with Gasteiger partial charge in [-0.3, -0.25) is 19.1 Å². The number of nitrogens with zero attached hydrogens (tertiary/aromatic N) is 5. The van der Waals surface area contributed by atoms with Gasteiger partial charge in [-0.15, -0.1) is 0 Å². The van der Waals surface area contributed by atoms with Crippen molar-refractivity contribution < 1.29 is 32.6 Å². The average molecular weight is 555 g/mol. The van der Waals surface area contributed by atoms with Crippen LogP contribution in [0.2, 0.25) is 0 Å². The van der Waals surface area contributed by atoms with Crippen molar-refractivity contribution in [2.75, 3.05) is 46.1 Å². The summed E-state index contributed by atoms with van der Waals surface area (Å²) in [5, 5.41) is 4.66. The molecule has 0 spiro atoms. The summed E-state index contributed by atoms with van der Waals surface area (Å²) in [4.78, 5) is 46.7. The summed E-state index contributed by atoms with van der Waals surface area (Å²) in [5.41, 5.74) is 5.97. The third-order valence-electron chi connectivity index (χ3n) is 7.39. The van der Waals surface area contributed by atoms with Crippen LogP contribution < -0.4 is 15.2 Å². The Kier molecular flexibility index (Phi) is 7.13. The summed E-state index contributed by atoms with van der Waals surface area (Å²) in [6.07, 6.45) is 3.18. The molecule has 11 nitrogen and oxygen atoms in total. The fraction of sp³-hybridized carbons (Fsp3) is 0.370. The number of carbonyl (C=O) groups is 3. The Morgan fingerprint density at radius 2 is 1.80 bits per heavy atom. The highest BCUT2D eigenvalue weighted by molar-refractivity contribution is 6.15. The summed E-state index contributed by atoms with van der Waals surface area (Å²) in [5.74, 6) is -4.06. The van der Waals surface area contributed by atoms with Crippen LogP contribution in [0, 0.1) is 11.6 Å². The number of halogens is 2. The summed E-state index contributed by atoms with van der Waals surface area (Å²) in [6, 6.07) is 0.650. The molecular weight excluding hydrogens is 526 g/mol. The van der Waals surface area contributed by atoms with E-state index < -0.39 is 35.4 Å². The Hall–Kier alpha value is -4.55. The van der Waals surface area contributed by atoms with Gasteiger partial charge in [0.2, 0.25) is 5.91 Å². The maximum absolute atomic E-state index is 15.1. The first-order chi connectivity index (χ1) is 19.2. The number of fused-ring (bicyclic) bond motifs is 1. The van der Waals surface area contributed by atoms with Gasteiger partial charge in [0.15, 0.2) is 28.9 Å². The Morgan fingerprint density at radius 3 is 2.38 bits per heavy atom. The Balaban J connectivity index is 1.64. The molecule has 1 aromatic carbocycles. The van der Waals surface area contributed by atoms with Gasteiger partial charge in [-0.1, -0.05) is 6.58 Å². The highest BCUT2D eigenvalue weighted by Crippen LogP contribution is 2.36. The molecule has 5 rings (SSSR count). The van der Waals surface area contributed by atoms with E-state index in [1.807, 2.05) is 0 Å². The number of anilines is 1. The van der Waals surface area contributed by atoms with E-state index >= 15 is 8.78 Å². The molecule has 210 valence electrons. The van der Waals surface area contributed by atoms with Crippen LogP contribution in [-0.4, -0.2) is 82.6 Å². The number of nitrogen functional groups attached to an aromatic ring is 1. The maximum atomic E-state index is 15.1. The lowest BCUT2D eigenvalue weighted by atomic mass is 10.0. The molecule has 0 unspecified atom stereocenters. The molecule has 2 fully saturated rings. The van der Waals surface area contributed by atoms with E-state index in [0.717, 1.165) is 12.5 Å². The monoisotopic (exact) mass is 554 g/mol. The first kappa shape index (κ1) is 27.0. The molecular formula is C27H28F2N6O5. The molecule has 2 aromatic heterocycles. The van der Waals surface area contributed by atoms with Crippen molar-refractivity contribution >= 4 is 34.3 Å². The molecule has 40 heavy (non-hydrogen) atoms. The number of ketones is 1. The van der Waals surface area contributed by atoms with E-state index in [-0.39, 0.29) is 57.8 Å². The molecule has 2 saturated heterocycles. The van der Waals surface area contributed by atoms with Crippen LogP contribution in [0.1, 0.15) is 45.3 Å². The van der Waals surface area contributed by atoms with Gasteiger partial charge >= 0.3 is 0 Å². The highest BCUT2D eigenvalue weighted by Gasteiger charge is 2.35. The van der Waals surface area contributed by atoms with E-state index in [1.54, 1.807) is 9.80 Å². The van der Waals surface area contributed by atoms with Crippen LogP contribution in [0.5, 0.6) is 11.5 Å². The number of hydrogen-bond acceptors (Lipinski definition) is 8. The van der Waals surface area contributed by atoms with Crippen LogP contribution in [0.3, 0.4) is 0 Å². The topological polar surface area (TPSA) is 133 Å². The zero-order valence-electron chi connectivity index (χ0n) is 22.1. The largest absolute Gasteiger partial charge is 0.494 e. The van der Waals surface area contributed by atoms with E-state index in [9.17, 15) is 14.4 Å². The van der Waals surface area contributed by atoms with Crippen molar-refractivity contribution in [3.05, 3.63) is 53.4 Å². The van der Waals surface area contributed by atoms with Crippen LogP contribution in [0.4, 0.5) is 14.6 Å². The molecule has 2 aliphatic heterocycles. The number of hydrogen-bond donors (Lipinski definition) is 1. The molecule has 0 aliphatic carbocycles. The number of Topliss-reactive ketones (excluding diaryl/α,β-unsaturated/α-hetero) is 1. The molecule has 0 radical (unpaired) electrons. The van der Waals surface area contributed by atoms with Crippen molar-refractivity contribution in [1.82, 2.24) is 24.6 Å². The Labute approximate surface area is 228 Å². The second-order valence-electron chi connectivity index (χ2n) is 9.64. The molecule has 2 N–H and O–H groups in total. The minimum absolute atomic E-state index is 0.0639. The number of methoxy groups -OCH3 is 2. The summed E-state index contributed by atoms with van der Waals surface area (Å²) >= 11 is 0. The quantitative estimate of drug-likeness (QED) is 0.332. The number of nitrogens with two attached hydrogens (primary N) is 1. The van der Waals surface area contributed by atoms with Crippen LogP contribution in [0.25, 0.3) is 10.9 Å².